The Morgan fingerprint density at radius 3 is 1.94 bits per heavy atom. The number of benzene rings is 1. The van der Waals surface area contributed by atoms with Gasteiger partial charge in [0.2, 0.25) is 17.7 Å². The first-order chi connectivity index (χ1) is 16.8. The summed E-state index contributed by atoms with van der Waals surface area (Å²) in [7, 11) is 0. The monoisotopic (exact) mass is 506 g/mol. The fraction of sp³-hybridized carbons (Fsp3) is 0.560. The van der Waals surface area contributed by atoms with Crippen molar-refractivity contribution in [3.05, 3.63) is 35.9 Å². The van der Waals surface area contributed by atoms with E-state index >= 15 is 0 Å². The first-order valence-corrected chi connectivity index (χ1v) is 12.0. The van der Waals surface area contributed by atoms with Crippen LogP contribution in [-0.4, -0.2) is 64.0 Å². The highest BCUT2D eigenvalue weighted by atomic mass is 16.4. The fourth-order valence-electron chi connectivity index (χ4n) is 3.53. The first kappa shape index (κ1) is 30.6. The summed E-state index contributed by atoms with van der Waals surface area (Å²) in [6, 6.07) is 4.21. The molecule has 7 N–H and O–H groups in total. The normalized spacial score (nSPS) is 15.2. The maximum Gasteiger partial charge on any atom is 0.326 e. The van der Waals surface area contributed by atoms with Crippen LogP contribution in [0.2, 0.25) is 0 Å². The van der Waals surface area contributed by atoms with Crippen LogP contribution in [-0.2, 0) is 30.4 Å². The summed E-state index contributed by atoms with van der Waals surface area (Å²) < 4.78 is 0. The largest absolute Gasteiger partial charge is 0.481 e. The molecule has 0 spiro atoms. The molecule has 0 saturated carbocycles. The van der Waals surface area contributed by atoms with Gasteiger partial charge >= 0.3 is 11.9 Å². The second-order valence-corrected chi connectivity index (χ2v) is 9.36. The predicted molar refractivity (Wildman–Crippen MR) is 133 cm³/mol. The van der Waals surface area contributed by atoms with Crippen LogP contribution in [0.1, 0.15) is 52.5 Å². The van der Waals surface area contributed by atoms with Crippen molar-refractivity contribution in [1.29, 1.82) is 0 Å². The van der Waals surface area contributed by atoms with E-state index in [2.05, 4.69) is 16.0 Å². The molecule has 0 aliphatic heterocycles. The average Bonchev–Trinajstić information content (AvgIpc) is 2.80. The summed E-state index contributed by atoms with van der Waals surface area (Å²) in [6.45, 7) is 7.20. The van der Waals surface area contributed by atoms with Gasteiger partial charge in [-0.3, -0.25) is 19.2 Å². The molecule has 1 aromatic rings. The molecule has 0 heterocycles. The third-order valence-corrected chi connectivity index (χ3v) is 5.76. The predicted octanol–water partition coefficient (Wildman–Crippen LogP) is 0.662. The van der Waals surface area contributed by atoms with E-state index < -0.39 is 60.2 Å². The molecular weight excluding hydrogens is 468 g/mol. The lowest BCUT2D eigenvalue weighted by Gasteiger charge is -2.28. The van der Waals surface area contributed by atoms with Gasteiger partial charge < -0.3 is 31.9 Å². The van der Waals surface area contributed by atoms with E-state index in [0.717, 1.165) is 5.56 Å². The van der Waals surface area contributed by atoms with E-state index in [4.69, 9.17) is 10.8 Å². The van der Waals surface area contributed by atoms with Gasteiger partial charge in [0.25, 0.3) is 0 Å². The molecule has 5 unspecified atom stereocenters. The van der Waals surface area contributed by atoms with Crippen LogP contribution in [0.3, 0.4) is 0 Å². The van der Waals surface area contributed by atoms with Gasteiger partial charge in [-0.2, -0.15) is 0 Å². The molecule has 1 rings (SSSR count). The number of carbonyl (C=O) groups excluding carboxylic acids is 3. The number of hydrogen-bond donors (Lipinski definition) is 6. The van der Waals surface area contributed by atoms with Crippen LogP contribution >= 0.6 is 0 Å². The van der Waals surface area contributed by atoms with Crippen LogP contribution in [0.4, 0.5) is 0 Å². The number of hydrogen-bond acceptors (Lipinski definition) is 6. The van der Waals surface area contributed by atoms with Crippen LogP contribution in [0.15, 0.2) is 30.3 Å². The highest BCUT2D eigenvalue weighted by Crippen LogP contribution is 2.12. The van der Waals surface area contributed by atoms with E-state index in [9.17, 15) is 29.1 Å². The van der Waals surface area contributed by atoms with Crippen LogP contribution in [0, 0.1) is 11.8 Å². The van der Waals surface area contributed by atoms with Crippen molar-refractivity contribution in [3.63, 3.8) is 0 Å². The summed E-state index contributed by atoms with van der Waals surface area (Å²) in [5, 5.41) is 26.1. The number of nitrogens with one attached hydrogen (secondary N) is 3. The minimum Gasteiger partial charge on any atom is -0.481 e. The maximum atomic E-state index is 13.2. The van der Waals surface area contributed by atoms with Gasteiger partial charge in [0.1, 0.15) is 18.1 Å². The highest BCUT2D eigenvalue weighted by Gasteiger charge is 2.33. The van der Waals surface area contributed by atoms with E-state index in [0.29, 0.717) is 6.42 Å². The number of amides is 3. The fourth-order valence-corrected chi connectivity index (χ4v) is 3.53. The molecule has 0 radical (unpaired) electrons. The standard InChI is InChI=1S/C25H38N4O7/c1-5-15(4)21(29-22(32)17(26)13-20(30)31)24(34)27-18(12-16-9-7-6-8-10-16)23(33)28-19(25(35)36)11-14(2)3/h6-10,14-15,17-19,21H,5,11-13,26H2,1-4H3,(H,27,34)(H,28,33)(H,29,32)(H,30,31)(H,35,36). The first-order valence-electron chi connectivity index (χ1n) is 12.0. The van der Waals surface area contributed by atoms with E-state index in [-0.39, 0.29) is 24.7 Å². The Morgan fingerprint density at radius 1 is 0.861 bits per heavy atom. The van der Waals surface area contributed by atoms with Gasteiger partial charge in [-0.05, 0) is 23.8 Å². The Balaban J connectivity index is 3.15. The van der Waals surface area contributed by atoms with Crippen LogP contribution < -0.4 is 21.7 Å². The Kier molecular flexibility index (Phi) is 12.6. The molecule has 0 aromatic heterocycles. The summed E-state index contributed by atoms with van der Waals surface area (Å²) in [5.41, 5.74) is 6.38. The Bertz CT molecular complexity index is 907. The van der Waals surface area contributed by atoms with Crippen molar-refractivity contribution in [2.45, 2.75) is 77.5 Å². The van der Waals surface area contributed by atoms with E-state index in [1.807, 2.05) is 20.8 Å². The van der Waals surface area contributed by atoms with Gasteiger partial charge in [0.05, 0.1) is 12.5 Å². The summed E-state index contributed by atoms with van der Waals surface area (Å²) in [4.78, 5) is 61.4. The second kappa shape index (κ2) is 14.8. The molecule has 0 saturated heterocycles. The Hall–Kier alpha value is -3.47. The van der Waals surface area contributed by atoms with Gasteiger partial charge in [0, 0.05) is 6.42 Å². The number of aliphatic carboxylic acids is 2. The van der Waals surface area contributed by atoms with Gasteiger partial charge in [-0.15, -0.1) is 0 Å². The molecule has 0 aliphatic rings. The zero-order chi connectivity index (χ0) is 27.4. The van der Waals surface area contributed by atoms with E-state index in [1.165, 1.54) is 0 Å². The number of carboxylic acid groups (broad SMARTS) is 2. The molecule has 5 atom stereocenters. The SMILES string of the molecule is CCC(C)C(NC(=O)C(N)CC(=O)O)C(=O)NC(Cc1ccccc1)C(=O)NC(CC(C)C)C(=O)O. The number of rotatable bonds is 15. The molecule has 0 aliphatic carbocycles. The smallest absolute Gasteiger partial charge is 0.326 e. The lowest BCUT2D eigenvalue weighted by atomic mass is 9.96. The number of carboxylic acids is 2. The molecule has 11 heteroatoms. The third-order valence-electron chi connectivity index (χ3n) is 5.76. The number of carbonyl (C=O) groups is 5. The summed E-state index contributed by atoms with van der Waals surface area (Å²) in [6.07, 6.45) is 0.190. The van der Waals surface area contributed by atoms with Crippen molar-refractivity contribution >= 4 is 29.7 Å². The van der Waals surface area contributed by atoms with Crippen molar-refractivity contribution in [2.75, 3.05) is 0 Å². The van der Waals surface area contributed by atoms with Crippen LogP contribution in [0.25, 0.3) is 0 Å². The topological polar surface area (TPSA) is 188 Å². The molecule has 200 valence electrons. The molecule has 0 bridgehead atoms. The lowest BCUT2D eigenvalue weighted by molar-refractivity contribution is -0.142. The minimum absolute atomic E-state index is 0.00794. The van der Waals surface area contributed by atoms with Crippen molar-refractivity contribution in [2.24, 2.45) is 17.6 Å². The van der Waals surface area contributed by atoms with Crippen molar-refractivity contribution < 1.29 is 34.2 Å². The van der Waals surface area contributed by atoms with Gasteiger partial charge in [0.15, 0.2) is 0 Å². The van der Waals surface area contributed by atoms with Crippen molar-refractivity contribution in [1.82, 2.24) is 16.0 Å². The van der Waals surface area contributed by atoms with E-state index in [1.54, 1.807) is 37.3 Å². The second-order valence-electron chi connectivity index (χ2n) is 9.36. The van der Waals surface area contributed by atoms with Crippen LogP contribution in [0.5, 0.6) is 0 Å². The zero-order valence-corrected chi connectivity index (χ0v) is 21.2. The number of nitrogens with two attached hydrogens (primary N) is 1. The molecule has 3 amide bonds. The Morgan fingerprint density at radius 2 is 1.44 bits per heavy atom. The minimum atomic E-state index is -1.35. The molecule has 0 fully saturated rings. The lowest BCUT2D eigenvalue weighted by Crippen LogP contribution is -2.59. The van der Waals surface area contributed by atoms with Gasteiger partial charge in [-0.1, -0.05) is 64.4 Å². The molecule has 36 heavy (non-hydrogen) atoms. The quantitative estimate of drug-likeness (QED) is 0.200. The Labute approximate surface area is 211 Å². The molecule has 11 nitrogen and oxygen atoms in total. The summed E-state index contributed by atoms with van der Waals surface area (Å²) in [5.74, 6) is -4.92. The maximum absolute atomic E-state index is 13.2. The summed E-state index contributed by atoms with van der Waals surface area (Å²) >= 11 is 0. The molecular formula is C25H38N4O7. The molecule has 1 aromatic carbocycles. The van der Waals surface area contributed by atoms with Gasteiger partial charge in [-0.25, -0.2) is 4.79 Å². The van der Waals surface area contributed by atoms with Crippen molar-refractivity contribution in [3.8, 4) is 0 Å². The highest BCUT2D eigenvalue weighted by molar-refractivity contribution is 5.95. The third kappa shape index (κ3) is 10.4. The zero-order valence-electron chi connectivity index (χ0n) is 21.2. The average molecular weight is 507 g/mol.